The first kappa shape index (κ1) is 23.7. The summed E-state index contributed by atoms with van der Waals surface area (Å²) in [6.45, 7) is -0.382. The third-order valence-electron chi connectivity index (χ3n) is 9.29. The first-order chi connectivity index (χ1) is 20.9. The third kappa shape index (κ3) is 2.63. The van der Waals surface area contributed by atoms with Gasteiger partial charge in [-0.15, -0.1) is 0 Å². The van der Waals surface area contributed by atoms with Gasteiger partial charge in [0.05, 0.1) is 48.0 Å². The van der Waals surface area contributed by atoms with E-state index in [9.17, 15) is 16.8 Å². The molecule has 0 atom stereocenters. The van der Waals surface area contributed by atoms with Crippen LogP contribution in [-0.4, -0.2) is 23.5 Å². The summed E-state index contributed by atoms with van der Waals surface area (Å²) in [5.41, 5.74) is 6.99. The summed E-state index contributed by atoms with van der Waals surface area (Å²) in [4.78, 5) is 5.29. The lowest BCUT2D eigenvalue weighted by molar-refractivity contribution is 0.593. The summed E-state index contributed by atoms with van der Waals surface area (Å²) in [6.07, 6.45) is 0. The van der Waals surface area contributed by atoms with Crippen molar-refractivity contribution in [2.45, 2.75) is 19.6 Å². The van der Waals surface area contributed by atoms with Crippen molar-refractivity contribution in [2.75, 3.05) is 9.80 Å². The summed E-state index contributed by atoms with van der Waals surface area (Å²) in [5.74, 6) is 0. The number of para-hydroxylation sites is 4. The number of sulfone groups is 2. The molecule has 0 aliphatic carbocycles. The van der Waals surface area contributed by atoms with Crippen molar-refractivity contribution >= 4 is 87.7 Å². The van der Waals surface area contributed by atoms with Crippen LogP contribution in [0.5, 0.6) is 0 Å². The Morgan fingerprint density at radius 1 is 0.465 bits per heavy atom. The van der Waals surface area contributed by atoms with Gasteiger partial charge in [0.25, 0.3) is 6.71 Å². The lowest BCUT2D eigenvalue weighted by Gasteiger charge is -2.47. The van der Waals surface area contributed by atoms with Gasteiger partial charge in [-0.05, 0) is 64.2 Å². The van der Waals surface area contributed by atoms with Crippen molar-refractivity contribution in [1.82, 2.24) is 0 Å². The van der Waals surface area contributed by atoms with Gasteiger partial charge in [-0.2, -0.15) is 0 Å². The Balaban J connectivity index is 1.45. The minimum absolute atomic E-state index is 0.258. The highest BCUT2D eigenvalue weighted by Crippen LogP contribution is 2.55. The van der Waals surface area contributed by atoms with E-state index in [2.05, 4.69) is 28.0 Å². The third-order valence-corrected chi connectivity index (χ3v) is 13.0. The molecule has 0 fully saturated rings. The van der Waals surface area contributed by atoms with Gasteiger partial charge in [0.2, 0.25) is 19.7 Å². The fourth-order valence-electron chi connectivity index (χ4n) is 7.67. The van der Waals surface area contributed by atoms with Crippen LogP contribution in [0, 0.1) is 0 Å². The molecule has 4 aliphatic rings. The van der Waals surface area contributed by atoms with Crippen LogP contribution >= 0.6 is 0 Å². The molecule has 0 spiro atoms. The average Bonchev–Trinajstić information content (AvgIpc) is 3.03. The lowest BCUT2D eigenvalue weighted by atomic mass is 9.33. The predicted molar refractivity (Wildman–Crippen MR) is 169 cm³/mol. The second-order valence-corrected chi connectivity index (χ2v) is 15.1. The van der Waals surface area contributed by atoms with E-state index in [1.807, 2.05) is 48.5 Å². The number of nitrogens with zero attached hydrogens (tertiary/aromatic N) is 2. The molecular formula is C34H19BN2O4S2. The number of fused-ring (bicyclic) bond motifs is 10. The molecule has 10 rings (SSSR count). The molecule has 0 aromatic heterocycles. The van der Waals surface area contributed by atoms with Crippen molar-refractivity contribution in [3.63, 3.8) is 0 Å². The average molecular weight is 594 g/mol. The van der Waals surface area contributed by atoms with Crippen molar-refractivity contribution in [2.24, 2.45) is 0 Å². The zero-order valence-corrected chi connectivity index (χ0v) is 24.0. The number of anilines is 6. The van der Waals surface area contributed by atoms with Gasteiger partial charge in [-0.1, -0.05) is 72.8 Å². The first-order valence-electron chi connectivity index (χ1n) is 14.0. The molecule has 204 valence electrons. The zero-order chi connectivity index (χ0) is 28.8. The van der Waals surface area contributed by atoms with Crippen LogP contribution in [0.1, 0.15) is 0 Å². The van der Waals surface area contributed by atoms with E-state index < -0.39 is 19.7 Å². The number of benzene rings is 6. The Bertz CT molecular complexity index is 2520. The zero-order valence-electron chi connectivity index (χ0n) is 22.4. The fraction of sp³-hybridized carbons (Fsp3) is 0. The summed E-state index contributed by atoms with van der Waals surface area (Å²) < 4.78 is 56.3. The molecule has 4 heterocycles. The maximum Gasteiger partial charge on any atom is 0.252 e. The second-order valence-electron chi connectivity index (χ2n) is 11.3. The maximum absolute atomic E-state index is 14.1. The summed E-state index contributed by atoms with van der Waals surface area (Å²) in [7, 11) is -7.61. The van der Waals surface area contributed by atoms with Gasteiger partial charge in [-0.25, -0.2) is 16.8 Å². The van der Waals surface area contributed by atoms with Crippen molar-refractivity contribution in [3.8, 4) is 0 Å². The van der Waals surface area contributed by atoms with Gasteiger partial charge in [0, 0.05) is 11.1 Å². The minimum Gasteiger partial charge on any atom is -0.309 e. The number of rotatable bonds is 0. The monoisotopic (exact) mass is 594 g/mol. The Kier molecular flexibility index (Phi) is 4.16. The lowest BCUT2D eigenvalue weighted by Crippen LogP contribution is -2.62. The predicted octanol–water partition coefficient (Wildman–Crippen LogP) is 5.21. The maximum atomic E-state index is 14.1. The topological polar surface area (TPSA) is 74.8 Å². The molecule has 0 saturated carbocycles. The Labute approximate surface area is 248 Å². The van der Waals surface area contributed by atoms with Crippen molar-refractivity contribution < 1.29 is 16.8 Å². The van der Waals surface area contributed by atoms with E-state index in [0.29, 0.717) is 22.7 Å². The van der Waals surface area contributed by atoms with Crippen LogP contribution in [-0.2, 0) is 19.7 Å². The molecule has 6 aromatic rings. The summed E-state index contributed by atoms with van der Waals surface area (Å²) in [6, 6.07) is 35.6. The molecule has 0 radical (unpaired) electrons. The van der Waals surface area contributed by atoms with Crippen LogP contribution in [0.15, 0.2) is 135 Å². The quantitative estimate of drug-likeness (QED) is 0.225. The normalized spacial score (nSPS) is 17.0. The van der Waals surface area contributed by atoms with E-state index >= 15 is 0 Å². The molecule has 6 nitrogen and oxygen atoms in total. The molecule has 4 aliphatic heterocycles. The van der Waals surface area contributed by atoms with E-state index in [1.165, 1.54) is 0 Å². The summed E-state index contributed by atoms with van der Waals surface area (Å²) >= 11 is 0. The number of hydrogen-bond acceptors (Lipinski definition) is 6. The Morgan fingerprint density at radius 3 is 1.63 bits per heavy atom. The molecule has 0 bridgehead atoms. The standard InChI is InChI=1S/C34H19BN2O4S2/c38-42(39)27-15-5-3-13-24(27)36-26-19-20-9-1-2-10-21(20)32-31(26)35(22-11-7-17-29(42)33(22)36)23-12-8-18-30-34(23)37(32)25-14-4-6-16-28(25)43(30,40)41/h1-19H. The van der Waals surface area contributed by atoms with E-state index in [0.717, 1.165) is 38.5 Å². The van der Waals surface area contributed by atoms with Crippen molar-refractivity contribution in [1.29, 1.82) is 0 Å². The van der Waals surface area contributed by atoms with Crippen LogP contribution in [0.2, 0.25) is 0 Å². The van der Waals surface area contributed by atoms with Crippen molar-refractivity contribution in [3.05, 3.63) is 115 Å². The first-order valence-corrected chi connectivity index (χ1v) is 17.0. The van der Waals surface area contributed by atoms with Gasteiger partial charge >= 0.3 is 0 Å². The van der Waals surface area contributed by atoms with Crippen LogP contribution < -0.4 is 26.2 Å². The molecule has 0 N–H and O–H groups in total. The van der Waals surface area contributed by atoms with Gasteiger partial charge in [-0.3, -0.25) is 0 Å². The molecule has 9 heteroatoms. The Morgan fingerprint density at radius 2 is 0.977 bits per heavy atom. The van der Waals surface area contributed by atoms with E-state index in [1.54, 1.807) is 48.5 Å². The Hall–Kier alpha value is -4.86. The van der Waals surface area contributed by atoms with Crippen LogP contribution in [0.25, 0.3) is 10.8 Å². The largest absolute Gasteiger partial charge is 0.309 e. The van der Waals surface area contributed by atoms with Gasteiger partial charge in [0.1, 0.15) is 0 Å². The molecule has 0 amide bonds. The van der Waals surface area contributed by atoms with E-state index in [4.69, 9.17) is 0 Å². The van der Waals surface area contributed by atoms with E-state index in [-0.39, 0.29) is 26.3 Å². The number of hydrogen-bond donors (Lipinski definition) is 0. The smallest absolute Gasteiger partial charge is 0.252 e. The highest BCUT2D eigenvalue weighted by atomic mass is 32.2. The SMILES string of the molecule is O=S1(=O)c2ccccc2N2c3cc4ccccc4c4c3B(c3cccc1c32)c1cccc2c1N4c1ccccc1S2(=O)=O. The summed E-state index contributed by atoms with van der Waals surface area (Å²) in [5, 5.41) is 1.98. The molecule has 43 heavy (non-hydrogen) atoms. The van der Waals surface area contributed by atoms with Crippen LogP contribution in [0.4, 0.5) is 34.1 Å². The van der Waals surface area contributed by atoms with Crippen LogP contribution in [0.3, 0.4) is 0 Å². The molecule has 6 aromatic carbocycles. The van der Waals surface area contributed by atoms with Gasteiger partial charge < -0.3 is 9.80 Å². The second kappa shape index (κ2) is 7.56. The van der Waals surface area contributed by atoms with Gasteiger partial charge in [0.15, 0.2) is 0 Å². The molecular weight excluding hydrogens is 575 g/mol. The fourth-order valence-corrected chi connectivity index (χ4v) is 11.0. The highest BCUT2D eigenvalue weighted by Gasteiger charge is 2.50. The molecule has 0 saturated heterocycles. The minimum atomic E-state index is -3.81. The highest BCUT2D eigenvalue weighted by molar-refractivity contribution is 7.92. The molecule has 0 unspecified atom stereocenters.